The van der Waals surface area contributed by atoms with E-state index >= 15 is 0 Å². The van der Waals surface area contributed by atoms with Crippen LogP contribution in [0.15, 0.2) is 24.4 Å². The van der Waals surface area contributed by atoms with E-state index in [1.54, 1.807) is 0 Å². The molecule has 1 aromatic rings. The number of aromatic nitrogens is 1. The van der Waals surface area contributed by atoms with Crippen LogP contribution in [0.5, 0.6) is 0 Å². The van der Waals surface area contributed by atoms with Crippen molar-refractivity contribution >= 4 is 0 Å². The molecule has 0 bridgehead atoms. The van der Waals surface area contributed by atoms with Crippen molar-refractivity contribution in [1.82, 2.24) is 14.8 Å². The van der Waals surface area contributed by atoms with Crippen LogP contribution < -0.4 is 5.73 Å². The van der Waals surface area contributed by atoms with Crippen LogP contribution in [0.2, 0.25) is 0 Å². The minimum absolute atomic E-state index is 0.167. The summed E-state index contributed by atoms with van der Waals surface area (Å²) in [5, 5.41) is 0. The van der Waals surface area contributed by atoms with Gasteiger partial charge in [0.2, 0.25) is 0 Å². The van der Waals surface area contributed by atoms with Crippen molar-refractivity contribution < 1.29 is 0 Å². The van der Waals surface area contributed by atoms with Crippen molar-refractivity contribution in [3.05, 3.63) is 30.1 Å². The lowest BCUT2D eigenvalue weighted by Gasteiger charge is -2.48. The van der Waals surface area contributed by atoms with Crippen LogP contribution >= 0.6 is 0 Å². The number of nitrogens with two attached hydrogens (primary N) is 1. The van der Waals surface area contributed by atoms with Gasteiger partial charge in [0.05, 0.1) is 0 Å². The highest BCUT2D eigenvalue weighted by molar-refractivity contribution is 5.04. The Morgan fingerprint density at radius 1 is 1.33 bits per heavy atom. The second-order valence-corrected chi connectivity index (χ2v) is 6.55. The van der Waals surface area contributed by atoms with Gasteiger partial charge >= 0.3 is 0 Å². The van der Waals surface area contributed by atoms with E-state index in [0.29, 0.717) is 6.04 Å². The summed E-state index contributed by atoms with van der Waals surface area (Å²) in [5.74, 6) is 0. The zero-order valence-electron chi connectivity index (χ0n) is 13.8. The molecule has 0 aliphatic carbocycles. The molecule has 0 atom stereocenters. The smallest absolute Gasteiger partial charge is 0.0416 e. The second-order valence-electron chi connectivity index (χ2n) is 6.55. The molecule has 118 valence electrons. The van der Waals surface area contributed by atoms with Gasteiger partial charge in [-0.1, -0.05) is 6.07 Å². The van der Waals surface area contributed by atoms with Crippen molar-refractivity contribution in [1.29, 1.82) is 0 Å². The molecular weight excluding hydrogens is 260 g/mol. The van der Waals surface area contributed by atoms with Gasteiger partial charge in [0.15, 0.2) is 0 Å². The number of nitrogens with zero attached hydrogens (tertiary/aromatic N) is 3. The molecule has 2 heterocycles. The van der Waals surface area contributed by atoms with E-state index in [1.165, 1.54) is 12.8 Å². The molecule has 0 aromatic carbocycles. The number of piperidine rings is 1. The Labute approximate surface area is 129 Å². The van der Waals surface area contributed by atoms with Crippen LogP contribution in [0.1, 0.15) is 32.4 Å². The van der Waals surface area contributed by atoms with E-state index in [-0.39, 0.29) is 5.54 Å². The van der Waals surface area contributed by atoms with E-state index in [0.717, 1.165) is 38.3 Å². The second kappa shape index (κ2) is 7.34. The number of likely N-dealkylation sites (N-methyl/N-ethyl adjacent to an activating group) is 1. The highest BCUT2D eigenvalue weighted by atomic mass is 15.2. The van der Waals surface area contributed by atoms with E-state index < -0.39 is 0 Å². The zero-order valence-corrected chi connectivity index (χ0v) is 13.8. The molecule has 0 saturated carbocycles. The van der Waals surface area contributed by atoms with Crippen molar-refractivity contribution in [2.24, 2.45) is 5.73 Å². The Morgan fingerprint density at radius 3 is 2.57 bits per heavy atom. The summed E-state index contributed by atoms with van der Waals surface area (Å²) < 4.78 is 0. The highest BCUT2D eigenvalue weighted by Crippen LogP contribution is 2.28. The van der Waals surface area contributed by atoms with Gasteiger partial charge < -0.3 is 10.6 Å². The minimum Gasteiger partial charge on any atom is -0.329 e. The summed E-state index contributed by atoms with van der Waals surface area (Å²) in [7, 11) is 2.22. The predicted molar refractivity (Wildman–Crippen MR) is 88.3 cm³/mol. The minimum atomic E-state index is 0.167. The van der Waals surface area contributed by atoms with Gasteiger partial charge in [-0.05, 0) is 45.9 Å². The summed E-state index contributed by atoms with van der Waals surface area (Å²) in [4.78, 5) is 9.44. The molecule has 0 unspecified atom stereocenters. The van der Waals surface area contributed by atoms with Gasteiger partial charge in [-0.25, -0.2) is 0 Å². The molecule has 2 rings (SSSR count). The first kappa shape index (κ1) is 16.4. The third kappa shape index (κ3) is 4.02. The molecular formula is C17H30N4. The van der Waals surface area contributed by atoms with Crippen molar-refractivity contribution in [2.45, 2.75) is 44.7 Å². The third-order valence-corrected chi connectivity index (χ3v) is 5.08. The quantitative estimate of drug-likeness (QED) is 0.867. The number of pyridine rings is 1. The van der Waals surface area contributed by atoms with Crippen LogP contribution in [0.25, 0.3) is 0 Å². The molecule has 4 nitrogen and oxygen atoms in total. The zero-order chi connectivity index (χ0) is 15.3. The number of hydrogen-bond donors (Lipinski definition) is 1. The number of likely N-dealkylation sites (tertiary alicyclic amines) is 1. The fraction of sp³-hybridized carbons (Fsp3) is 0.706. The van der Waals surface area contributed by atoms with Gasteiger partial charge in [0.1, 0.15) is 0 Å². The first-order chi connectivity index (χ1) is 10.1. The summed E-state index contributed by atoms with van der Waals surface area (Å²) >= 11 is 0. The van der Waals surface area contributed by atoms with Gasteiger partial charge in [-0.3, -0.25) is 9.88 Å². The lowest BCUT2D eigenvalue weighted by molar-refractivity contribution is 0.0350. The van der Waals surface area contributed by atoms with Gasteiger partial charge in [0.25, 0.3) is 0 Å². The third-order valence-electron chi connectivity index (χ3n) is 5.08. The molecule has 4 heteroatoms. The average molecular weight is 290 g/mol. The molecule has 1 fully saturated rings. The maximum atomic E-state index is 6.15. The average Bonchev–Trinajstić information content (AvgIpc) is 2.53. The normalized spacial score (nSPS) is 19.3. The summed E-state index contributed by atoms with van der Waals surface area (Å²) in [6.45, 7) is 8.64. The lowest BCUT2D eigenvalue weighted by atomic mass is 9.85. The van der Waals surface area contributed by atoms with E-state index in [2.05, 4.69) is 47.8 Å². The molecule has 0 radical (unpaired) electrons. The van der Waals surface area contributed by atoms with Crippen molar-refractivity contribution in [2.75, 3.05) is 33.2 Å². The van der Waals surface area contributed by atoms with E-state index in [9.17, 15) is 0 Å². The lowest BCUT2D eigenvalue weighted by Crippen LogP contribution is -2.59. The van der Waals surface area contributed by atoms with Gasteiger partial charge in [-0.2, -0.15) is 0 Å². The summed E-state index contributed by atoms with van der Waals surface area (Å²) in [6, 6.07) is 6.77. The largest absolute Gasteiger partial charge is 0.329 e. The summed E-state index contributed by atoms with van der Waals surface area (Å²) in [6.07, 6.45) is 5.20. The Morgan fingerprint density at radius 2 is 2.05 bits per heavy atom. The molecule has 1 aliphatic rings. The molecule has 1 aliphatic heterocycles. The first-order valence-electron chi connectivity index (χ1n) is 8.13. The SMILES string of the molecule is CC(C)N1CCC(CN)(N(C)CCc2ccccn2)CC1. The molecule has 0 amide bonds. The van der Waals surface area contributed by atoms with E-state index in [4.69, 9.17) is 5.73 Å². The fourth-order valence-electron chi connectivity index (χ4n) is 3.26. The molecule has 2 N–H and O–H groups in total. The molecule has 1 aromatic heterocycles. The fourth-order valence-corrected chi connectivity index (χ4v) is 3.26. The monoisotopic (exact) mass is 290 g/mol. The Hall–Kier alpha value is -0.970. The van der Waals surface area contributed by atoms with Crippen LogP contribution in [-0.4, -0.2) is 59.6 Å². The number of hydrogen-bond acceptors (Lipinski definition) is 4. The van der Waals surface area contributed by atoms with Crippen LogP contribution in [0.4, 0.5) is 0 Å². The van der Waals surface area contributed by atoms with Crippen LogP contribution in [0, 0.1) is 0 Å². The Bertz CT molecular complexity index is 410. The van der Waals surface area contributed by atoms with Gasteiger partial charge in [-0.15, -0.1) is 0 Å². The molecule has 0 spiro atoms. The Balaban J connectivity index is 1.91. The topological polar surface area (TPSA) is 45.4 Å². The van der Waals surface area contributed by atoms with Crippen molar-refractivity contribution in [3.63, 3.8) is 0 Å². The molecule has 1 saturated heterocycles. The maximum absolute atomic E-state index is 6.15. The van der Waals surface area contributed by atoms with Gasteiger partial charge in [0, 0.05) is 56.1 Å². The number of rotatable bonds is 6. The standard InChI is InChI=1S/C17H30N4/c1-15(2)21-12-8-17(14-18,9-13-21)20(3)11-7-16-6-4-5-10-19-16/h4-6,10,15H,7-9,11-14,18H2,1-3H3. The maximum Gasteiger partial charge on any atom is 0.0416 e. The predicted octanol–water partition coefficient (Wildman–Crippen LogP) is 1.76. The first-order valence-corrected chi connectivity index (χ1v) is 8.13. The van der Waals surface area contributed by atoms with Crippen LogP contribution in [0.3, 0.4) is 0 Å². The summed E-state index contributed by atoms with van der Waals surface area (Å²) in [5.41, 5.74) is 7.48. The molecule has 21 heavy (non-hydrogen) atoms. The van der Waals surface area contributed by atoms with E-state index in [1.807, 2.05) is 12.3 Å². The van der Waals surface area contributed by atoms with Crippen molar-refractivity contribution in [3.8, 4) is 0 Å². The highest BCUT2D eigenvalue weighted by Gasteiger charge is 2.37. The Kier molecular flexibility index (Phi) is 5.73. The van der Waals surface area contributed by atoms with Crippen LogP contribution in [-0.2, 0) is 6.42 Å².